The Morgan fingerprint density at radius 2 is 2.12 bits per heavy atom. The third kappa shape index (κ3) is 4.06. The molecule has 0 aliphatic carbocycles. The van der Waals surface area contributed by atoms with Crippen molar-refractivity contribution in [2.24, 2.45) is 0 Å². The van der Waals surface area contributed by atoms with Gasteiger partial charge in [-0.15, -0.1) is 0 Å². The average molecular weight is 233 g/mol. The Hall–Kier alpha value is -1.30. The first-order valence-electron chi connectivity index (χ1n) is 4.79. The second-order valence-corrected chi connectivity index (χ2v) is 3.55. The Morgan fingerprint density at radius 1 is 1.44 bits per heavy atom. The van der Waals surface area contributed by atoms with E-state index in [1.54, 1.807) is 25.4 Å². The lowest BCUT2D eigenvalue weighted by Crippen LogP contribution is -2.30. The van der Waals surface area contributed by atoms with E-state index in [4.69, 9.17) is 0 Å². The Balaban J connectivity index is 2.65. The predicted octanol–water partition coefficient (Wildman–Crippen LogP) is 2.12. The second kappa shape index (κ2) is 5.16. The number of aromatic nitrogens is 1. The molecule has 16 heavy (non-hydrogen) atoms. The fraction of sp³-hybridized carbons (Fsp3) is 0.500. The quantitative estimate of drug-likeness (QED) is 0.863. The molecule has 1 N–H and O–H groups in total. The summed E-state index contributed by atoms with van der Waals surface area (Å²) in [6.45, 7) is -0.714. The van der Waals surface area contributed by atoms with Crippen LogP contribution in [0.2, 0.25) is 0 Å². The van der Waals surface area contributed by atoms with Crippen LogP contribution < -0.4 is 5.32 Å². The molecule has 0 bridgehead atoms. The molecule has 0 unspecified atom stereocenters. The van der Waals surface area contributed by atoms with E-state index in [2.05, 4.69) is 10.3 Å². The zero-order chi connectivity index (χ0) is 12.2. The zero-order valence-corrected chi connectivity index (χ0v) is 9.17. The molecule has 0 radical (unpaired) electrons. The van der Waals surface area contributed by atoms with E-state index >= 15 is 0 Å². The van der Waals surface area contributed by atoms with Gasteiger partial charge in [0.25, 0.3) is 0 Å². The van der Waals surface area contributed by atoms with Gasteiger partial charge in [0, 0.05) is 25.4 Å². The van der Waals surface area contributed by atoms with Gasteiger partial charge in [-0.3, -0.25) is 4.90 Å². The van der Waals surface area contributed by atoms with Gasteiger partial charge in [0.2, 0.25) is 0 Å². The van der Waals surface area contributed by atoms with Crippen molar-refractivity contribution in [2.75, 3.05) is 26.0 Å². The normalized spacial score (nSPS) is 11.9. The third-order valence-electron chi connectivity index (χ3n) is 2.02. The Kier molecular flexibility index (Phi) is 4.12. The minimum atomic E-state index is -4.17. The molecule has 0 aliphatic heterocycles. The van der Waals surface area contributed by atoms with Crippen molar-refractivity contribution in [3.8, 4) is 0 Å². The summed E-state index contributed by atoms with van der Waals surface area (Å²) in [5, 5.41) is 2.84. The smallest absolute Gasteiger partial charge is 0.373 e. The van der Waals surface area contributed by atoms with Crippen LogP contribution in [0, 0.1) is 0 Å². The molecule has 3 nitrogen and oxygen atoms in total. The minimum Gasteiger partial charge on any atom is -0.373 e. The number of halogens is 3. The molecule has 6 heteroatoms. The topological polar surface area (TPSA) is 28.2 Å². The summed E-state index contributed by atoms with van der Waals surface area (Å²) in [6, 6.07) is 3.46. The summed E-state index contributed by atoms with van der Waals surface area (Å²) < 4.78 is 36.4. The van der Waals surface area contributed by atoms with Crippen LogP contribution in [0.15, 0.2) is 18.3 Å². The van der Waals surface area contributed by atoms with Crippen molar-refractivity contribution < 1.29 is 13.2 Å². The fourth-order valence-electron chi connectivity index (χ4n) is 1.44. The number of nitrogens with zero attached hydrogens (tertiary/aromatic N) is 2. The van der Waals surface area contributed by atoms with Crippen molar-refractivity contribution in [1.82, 2.24) is 9.88 Å². The highest BCUT2D eigenvalue weighted by Crippen LogP contribution is 2.18. The van der Waals surface area contributed by atoms with Gasteiger partial charge in [-0.05, 0) is 13.1 Å². The molecule has 0 aliphatic rings. The standard InChI is InChI=1S/C10H14F3N3/c1-14-9-8(4-3-5-15-9)6-16(2)7-10(11,12)13/h3-5H,6-7H2,1-2H3,(H,14,15). The van der Waals surface area contributed by atoms with E-state index in [-0.39, 0.29) is 6.54 Å². The fourth-order valence-corrected chi connectivity index (χ4v) is 1.44. The van der Waals surface area contributed by atoms with Crippen LogP contribution in [0.4, 0.5) is 19.0 Å². The summed E-state index contributed by atoms with van der Waals surface area (Å²) >= 11 is 0. The van der Waals surface area contributed by atoms with Crippen molar-refractivity contribution in [2.45, 2.75) is 12.7 Å². The van der Waals surface area contributed by atoms with Gasteiger partial charge in [-0.1, -0.05) is 6.07 Å². The number of rotatable bonds is 4. The molecule has 1 heterocycles. The first-order chi connectivity index (χ1) is 7.42. The van der Waals surface area contributed by atoms with Crippen LogP contribution in [0.25, 0.3) is 0 Å². The number of hydrogen-bond acceptors (Lipinski definition) is 3. The maximum Gasteiger partial charge on any atom is 0.401 e. The first kappa shape index (κ1) is 12.8. The molecule has 0 saturated heterocycles. The SMILES string of the molecule is CNc1ncccc1CN(C)CC(F)(F)F. The van der Waals surface area contributed by atoms with E-state index in [9.17, 15) is 13.2 Å². The number of alkyl halides is 3. The summed E-state index contributed by atoms with van der Waals surface area (Å²) in [5.41, 5.74) is 0.747. The van der Waals surface area contributed by atoms with Crippen molar-refractivity contribution in [3.63, 3.8) is 0 Å². The largest absolute Gasteiger partial charge is 0.401 e. The molecule has 90 valence electrons. The third-order valence-corrected chi connectivity index (χ3v) is 2.02. The Labute approximate surface area is 92.3 Å². The van der Waals surface area contributed by atoms with Gasteiger partial charge in [0.15, 0.2) is 0 Å². The summed E-state index contributed by atoms with van der Waals surface area (Å²) in [6.07, 6.45) is -2.57. The Morgan fingerprint density at radius 3 is 2.69 bits per heavy atom. The van der Waals surface area contributed by atoms with Gasteiger partial charge in [0.1, 0.15) is 5.82 Å². The van der Waals surface area contributed by atoms with E-state index in [1.165, 1.54) is 11.9 Å². The molecule has 0 aromatic carbocycles. The molecular weight excluding hydrogens is 219 g/mol. The van der Waals surface area contributed by atoms with E-state index in [0.717, 1.165) is 5.56 Å². The number of hydrogen-bond donors (Lipinski definition) is 1. The predicted molar refractivity (Wildman–Crippen MR) is 56.2 cm³/mol. The monoisotopic (exact) mass is 233 g/mol. The average Bonchev–Trinajstić information content (AvgIpc) is 2.15. The van der Waals surface area contributed by atoms with Crippen LogP contribution >= 0.6 is 0 Å². The van der Waals surface area contributed by atoms with Gasteiger partial charge < -0.3 is 5.32 Å². The summed E-state index contributed by atoms with van der Waals surface area (Å²) in [7, 11) is 3.12. The first-order valence-corrected chi connectivity index (χ1v) is 4.79. The molecule has 0 saturated carbocycles. The zero-order valence-electron chi connectivity index (χ0n) is 9.17. The highest BCUT2D eigenvalue weighted by Gasteiger charge is 2.29. The number of pyridine rings is 1. The molecule has 0 amide bonds. The number of anilines is 1. The highest BCUT2D eigenvalue weighted by molar-refractivity contribution is 5.42. The van der Waals surface area contributed by atoms with Crippen LogP contribution in [-0.4, -0.2) is 36.7 Å². The number of nitrogens with one attached hydrogen (secondary N) is 1. The lowest BCUT2D eigenvalue weighted by atomic mass is 10.2. The van der Waals surface area contributed by atoms with Crippen molar-refractivity contribution >= 4 is 5.82 Å². The van der Waals surface area contributed by atoms with Gasteiger partial charge in [0.05, 0.1) is 6.54 Å². The molecule has 0 fully saturated rings. The Bertz CT molecular complexity index is 338. The van der Waals surface area contributed by atoms with Gasteiger partial charge in [-0.2, -0.15) is 13.2 Å². The lowest BCUT2D eigenvalue weighted by molar-refractivity contribution is -0.144. The lowest BCUT2D eigenvalue weighted by Gasteiger charge is -2.19. The van der Waals surface area contributed by atoms with Gasteiger partial charge >= 0.3 is 6.18 Å². The maximum atomic E-state index is 12.1. The summed E-state index contributed by atoms with van der Waals surface area (Å²) in [5.74, 6) is 0.608. The van der Waals surface area contributed by atoms with Crippen LogP contribution in [0.3, 0.4) is 0 Å². The van der Waals surface area contributed by atoms with Crippen LogP contribution in [0.1, 0.15) is 5.56 Å². The molecule has 1 aromatic heterocycles. The molecular formula is C10H14F3N3. The molecule has 1 rings (SSSR count). The second-order valence-electron chi connectivity index (χ2n) is 3.55. The van der Waals surface area contributed by atoms with E-state index < -0.39 is 12.7 Å². The highest BCUT2D eigenvalue weighted by atomic mass is 19.4. The molecule has 0 atom stereocenters. The van der Waals surface area contributed by atoms with Crippen LogP contribution in [-0.2, 0) is 6.54 Å². The van der Waals surface area contributed by atoms with Gasteiger partial charge in [-0.25, -0.2) is 4.98 Å². The van der Waals surface area contributed by atoms with Crippen molar-refractivity contribution in [3.05, 3.63) is 23.9 Å². The van der Waals surface area contributed by atoms with Crippen LogP contribution in [0.5, 0.6) is 0 Å². The minimum absolute atomic E-state index is 0.212. The molecule has 1 aromatic rings. The summed E-state index contributed by atoms with van der Waals surface area (Å²) in [4.78, 5) is 5.23. The van der Waals surface area contributed by atoms with E-state index in [0.29, 0.717) is 5.82 Å². The van der Waals surface area contributed by atoms with Crippen molar-refractivity contribution in [1.29, 1.82) is 0 Å². The van der Waals surface area contributed by atoms with E-state index in [1.807, 2.05) is 0 Å². The molecule has 0 spiro atoms. The maximum absolute atomic E-state index is 12.1.